The zero-order chi connectivity index (χ0) is 9.84. The number of rotatable bonds is 3. The molecule has 0 unspecified atom stereocenters. The summed E-state index contributed by atoms with van der Waals surface area (Å²) in [5.41, 5.74) is 1.19. The standard InChI is InChI=1S/C10H12BrClO/c1-7(6-13)4-8-2-3-9(12)5-10(8)11/h2-3,5,7,13H,4,6H2,1H3/t7-/m0/s1. The van der Waals surface area contributed by atoms with Crippen molar-refractivity contribution in [3.63, 3.8) is 0 Å². The Bertz CT molecular complexity index is 288. The first-order valence-corrected chi connectivity index (χ1v) is 5.35. The highest BCUT2D eigenvalue weighted by molar-refractivity contribution is 9.10. The van der Waals surface area contributed by atoms with Crippen molar-refractivity contribution in [2.75, 3.05) is 6.61 Å². The summed E-state index contributed by atoms with van der Waals surface area (Å²) < 4.78 is 1.01. The lowest BCUT2D eigenvalue weighted by molar-refractivity contribution is 0.237. The predicted molar refractivity (Wildman–Crippen MR) is 59.1 cm³/mol. The monoisotopic (exact) mass is 262 g/mol. The molecule has 0 aliphatic heterocycles. The maximum atomic E-state index is 8.90. The second-order valence-electron chi connectivity index (χ2n) is 3.23. The quantitative estimate of drug-likeness (QED) is 0.887. The average molecular weight is 264 g/mol. The Hall–Kier alpha value is -0.0500. The van der Waals surface area contributed by atoms with Gasteiger partial charge in [-0.05, 0) is 30.0 Å². The molecule has 0 spiro atoms. The molecular weight excluding hydrogens is 251 g/mol. The molecule has 0 bridgehead atoms. The van der Waals surface area contributed by atoms with Gasteiger partial charge in [0.2, 0.25) is 0 Å². The summed E-state index contributed by atoms with van der Waals surface area (Å²) in [5, 5.41) is 9.63. The molecule has 72 valence electrons. The molecule has 0 amide bonds. The molecule has 1 nitrogen and oxygen atoms in total. The number of halogens is 2. The van der Waals surface area contributed by atoms with Crippen LogP contribution in [0.25, 0.3) is 0 Å². The molecule has 0 heterocycles. The van der Waals surface area contributed by atoms with Gasteiger partial charge in [0.1, 0.15) is 0 Å². The maximum Gasteiger partial charge on any atom is 0.0459 e. The zero-order valence-corrected chi connectivity index (χ0v) is 9.77. The van der Waals surface area contributed by atoms with Crippen molar-refractivity contribution in [2.45, 2.75) is 13.3 Å². The van der Waals surface area contributed by atoms with E-state index >= 15 is 0 Å². The van der Waals surface area contributed by atoms with Crippen LogP contribution in [0.3, 0.4) is 0 Å². The number of aliphatic hydroxyl groups is 1. The van der Waals surface area contributed by atoms with E-state index in [9.17, 15) is 0 Å². The first-order chi connectivity index (χ1) is 6.13. The van der Waals surface area contributed by atoms with E-state index in [1.165, 1.54) is 5.56 Å². The highest BCUT2D eigenvalue weighted by Crippen LogP contribution is 2.23. The SMILES string of the molecule is C[C@H](CO)Cc1ccc(Cl)cc1Br. The summed E-state index contributed by atoms with van der Waals surface area (Å²) in [5.74, 6) is 0.289. The van der Waals surface area contributed by atoms with Crippen molar-refractivity contribution >= 4 is 27.5 Å². The van der Waals surface area contributed by atoms with Crippen molar-refractivity contribution in [1.29, 1.82) is 0 Å². The fourth-order valence-electron chi connectivity index (χ4n) is 1.13. The minimum absolute atomic E-state index is 0.217. The Morgan fingerprint density at radius 2 is 2.23 bits per heavy atom. The lowest BCUT2D eigenvalue weighted by atomic mass is 10.0. The van der Waals surface area contributed by atoms with Crippen molar-refractivity contribution < 1.29 is 5.11 Å². The van der Waals surface area contributed by atoms with Gasteiger partial charge < -0.3 is 5.11 Å². The van der Waals surface area contributed by atoms with Gasteiger partial charge in [-0.25, -0.2) is 0 Å². The Balaban J connectivity index is 2.77. The minimum atomic E-state index is 0.217. The third-order valence-corrected chi connectivity index (χ3v) is 2.87. The van der Waals surface area contributed by atoms with E-state index in [4.69, 9.17) is 16.7 Å². The fraction of sp³-hybridized carbons (Fsp3) is 0.400. The third-order valence-electron chi connectivity index (χ3n) is 1.90. The molecule has 0 radical (unpaired) electrons. The van der Waals surface area contributed by atoms with Gasteiger partial charge in [-0.3, -0.25) is 0 Å². The molecule has 3 heteroatoms. The summed E-state index contributed by atoms with van der Waals surface area (Å²) in [6.07, 6.45) is 0.869. The van der Waals surface area contributed by atoms with Gasteiger partial charge in [-0.2, -0.15) is 0 Å². The van der Waals surface area contributed by atoms with Crippen LogP contribution >= 0.6 is 27.5 Å². The molecule has 0 fully saturated rings. The lowest BCUT2D eigenvalue weighted by Gasteiger charge is -2.09. The molecule has 0 saturated carbocycles. The molecule has 0 aromatic heterocycles. The van der Waals surface area contributed by atoms with Gasteiger partial charge in [0.25, 0.3) is 0 Å². The van der Waals surface area contributed by atoms with Crippen LogP contribution in [0.1, 0.15) is 12.5 Å². The summed E-state index contributed by atoms with van der Waals surface area (Å²) in [6, 6.07) is 5.73. The molecular formula is C10H12BrClO. The van der Waals surface area contributed by atoms with E-state index < -0.39 is 0 Å². The Kier molecular flexibility index (Phi) is 4.23. The molecule has 0 aliphatic rings. The molecule has 1 rings (SSSR count). The summed E-state index contributed by atoms with van der Waals surface area (Å²) in [7, 11) is 0. The lowest BCUT2D eigenvalue weighted by Crippen LogP contribution is -2.04. The van der Waals surface area contributed by atoms with Gasteiger partial charge in [0, 0.05) is 16.1 Å². The number of hydrogen-bond acceptors (Lipinski definition) is 1. The molecule has 1 N–H and O–H groups in total. The van der Waals surface area contributed by atoms with E-state index in [1.807, 2.05) is 25.1 Å². The fourth-order valence-corrected chi connectivity index (χ4v) is 1.97. The molecule has 0 aliphatic carbocycles. The Morgan fingerprint density at radius 3 is 2.77 bits per heavy atom. The van der Waals surface area contributed by atoms with Crippen LogP contribution in [0.4, 0.5) is 0 Å². The first-order valence-electron chi connectivity index (χ1n) is 4.18. The highest BCUT2D eigenvalue weighted by Gasteiger charge is 2.05. The van der Waals surface area contributed by atoms with Gasteiger partial charge in [-0.1, -0.05) is 40.5 Å². The predicted octanol–water partition coefficient (Wildman–Crippen LogP) is 3.27. The van der Waals surface area contributed by atoms with Gasteiger partial charge in [-0.15, -0.1) is 0 Å². The Labute approximate surface area is 91.9 Å². The maximum absolute atomic E-state index is 8.90. The molecule has 0 saturated heterocycles. The number of hydrogen-bond donors (Lipinski definition) is 1. The van der Waals surface area contributed by atoms with Gasteiger partial charge in [0.15, 0.2) is 0 Å². The third kappa shape index (κ3) is 3.29. The van der Waals surface area contributed by atoms with E-state index in [0.717, 1.165) is 15.9 Å². The molecule has 13 heavy (non-hydrogen) atoms. The van der Waals surface area contributed by atoms with Crippen molar-refractivity contribution in [3.05, 3.63) is 33.3 Å². The zero-order valence-electron chi connectivity index (χ0n) is 7.43. The van der Waals surface area contributed by atoms with Crippen LogP contribution in [0.5, 0.6) is 0 Å². The van der Waals surface area contributed by atoms with Crippen LogP contribution in [0, 0.1) is 5.92 Å². The van der Waals surface area contributed by atoms with Crippen LogP contribution in [0.2, 0.25) is 5.02 Å². The molecule has 1 aromatic carbocycles. The van der Waals surface area contributed by atoms with Crippen molar-refractivity contribution in [2.24, 2.45) is 5.92 Å². The minimum Gasteiger partial charge on any atom is -0.396 e. The van der Waals surface area contributed by atoms with Gasteiger partial charge in [0.05, 0.1) is 0 Å². The number of aliphatic hydroxyl groups excluding tert-OH is 1. The molecule has 1 atom stereocenters. The number of benzene rings is 1. The smallest absolute Gasteiger partial charge is 0.0459 e. The van der Waals surface area contributed by atoms with E-state index in [1.54, 1.807) is 0 Å². The van der Waals surface area contributed by atoms with E-state index in [0.29, 0.717) is 0 Å². The van der Waals surface area contributed by atoms with E-state index in [-0.39, 0.29) is 12.5 Å². The average Bonchev–Trinajstić information content (AvgIpc) is 2.09. The second-order valence-corrected chi connectivity index (χ2v) is 4.52. The first kappa shape index (κ1) is 11.0. The van der Waals surface area contributed by atoms with Crippen LogP contribution in [0.15, 0.2) is 22.7 Å². The largest absolute Gasteiger partial charge is 0.396 e. The van der Waals surface area contributed by atoms with Crippen LogP contribution < -0.4 is 0 Å². The molecule has 1 aromatic rings. The normalized spacial score (nSPS) is 12.9. The second kappa shape index (κ2) is 4.99. The van der Waals surface area contributed by atoms with Gasteiger partial charge >= 0.3 is 0 Å². The van der Waals surface area contributed by atoms with Crippen LogP contribution in [-0.2, 0) is 6.42 Å². The summed E-state index contributed by atoms with van der Waals surface area (Å²) >= 11 is 9.25. The highest BCUT2D eigenvalue weighted by atomic mass is 79.9. The Morgan fingerprint density at radius 1 is 1.54 bits per heavy atom. The summed E-state index contributed by atoms with van der Waals surface area (Å²) in [6.45, 7) is 2.23. The van der Waals surface area contributed by atoms with E-state index in [2.05, 4.69) is 15.9 Å². The van der Waals surface area contributed by atoms with Crippen molar-refractivity contribution in [1.82, 2.24) is 0 Å². The summed E-state index contributed by atoms with van der Waals surface area (Å²) in [4.78, 5) is 0. The topological polar surface area (TPSA) is 20.2 Å². The van der Waals surface area contributed by atoms with Crippen LogP contribution in [-0.4, -0.2) is 11.7 Å². The van der Waals surface area contributed by atoms with Crippen molar-refractivity contribution in [3.8, 4) is 0 Å².